The monoisotopic (exact) mass is 340 g/mol. The van der Waals surface area contributed by atoms with Gasteiger partial charge in [-0.25, -0.2) is 0 Å². The minimum atomic E-state index is -0.839. The molecule has 0 saturated heterocycles. The molecule has 7 atom stereocenters. The zero-order valence-corrected chi connectivity index (χ0v) is 16.2. The van der Waals surface area contributed by atoms with Crippen molar-refractivity contribution in [1.29, 1.82) is 0 Å². The number of hydrogen-bond donors (Lipinski definition) is 1. The van der Waals surface area contributed by atoms with Crippen molar-refractivity contribution in [2.75, 3.05) is 0 Å². The van der Waals surface area contributed by atoms with Crippen LogP contribution in [0, 0.1) is 46.8 Å². The summed E-state index contributed by atoms with van der Waals surface area (Å²) in [5, 5.41) is 11.5. The van der Waals surface area contributed by atoms with E-state index in [1.165, 1.54) is 5.57 Å². The van der Waals surface area contributed by atoms with E-state index in [1.54, 1.807) is 5.57 Å². The third kappa shape index (κ3) is 2.24. The van der Waals surface area contributed by atoms with Crippen LogP contribution >= 0.6 is 0 Å². The van der Waals surface area contributed by atoms with Gasteiger partial charge in [-0.15, -0.1) is 5.92 Å². The quantitative estimate of drug-likeness (QED) is 0.520. The summed E-state index contributed by atoms with van der Waals surface area (Å²) in [4.78, 5) is 11.9. The SMILES string of the molecule is CC#C[C@@]1(O)[C@H](C)C[C@H]2[C@@H]3[C@H](C)CC4=C(CCC(=O)C4)[C@H]3CC[C@@]21C. The molecular formula is C23H32O2. The fraction of sp³-hybridized carbons (Fsp3) is 0.783. The van der Waals surface area contributed by atoms with Crippen LogP contribution in [-0.4, -0.2) is 16.5 Å². The summed E-state index contributed by atoms with van der Waals surface area (Å²) in [6.07, 6.45) is 6.88. The molecule has 25 heavy (non-hydrogen) atoms. The maximum atomic E-state index is 11.9. The Balaban J connectivity index is 1.74. The lowest BCUT2D eigenvalue weighted by Gasteiger charge is -2.55. The lowest BCUT2D eigenvalue weighted by molar-refractivity contribution is -0.119. The smallest absolute Gasteiger partial charge is 0.137 e. The lowest BCUT2D eigenvalue weighted by Crippen LogP contribution is -2.53. The Hall–Kier alpha value is -1.07. The lowest BCUT2D eigenvalue weighted by atomic mass is 9.50. The molecule has 0 aromatic heterocycles. The third-order valence-electron chi connectivity index (χ3n) is 8.44. The van der Waals surface area contributed by atoms with Gasteiger partial charge in [-0.05, 0) is 68.6 Å². The molecule has 2 saturated carbocycles. The molecule has 2 fully saturated rings. The van der Waals surface area contributed by atoms with E-state index in [0.29, 0.717) is 35.9 Å². The molecule has 4 rings (SSSR count). The van der Waals surface area contributed by atoms with Crippen LogP contribution in [0.4, 0.5) is 0 Å². The summed E-state index contributed by atoms with van der Waals surface area (Å²) in [5.41, 5.74) is 2.18. The highest BCUT2D eigenvalue weighted by Crippen LogP contribution is 2.66. The van der Waals surface area contributed by atoms with Gasteiger partial charge in [0.15, 0.2) is 0 Å². The van der Waals surface area contributed by atoms with E-state index in [2.05, 4.69) is 32.6 Å². The molecule has 0 aromatic carbocycles. The van der Waals surface area contributed by atoms with E-state index in [-0.39, 0.29) is 11.3 Å². The molecule has 0 amide bonds. The molecule has 1 N–H and O–H groups in total. The van der Waals surface area contributed by atoms with Crippen molar-refractivity contribution in [1.82, 2.24) is 0 Å². The molecule has 136 valence electrons. The minimum Gasteiger partial charge on any atom is -0.377 e. The average molecular weight is 341 g/mol. The summed E-state index contributed by atoms with van der Waals surface area (Å²) in [6, 6.07) is 0. The van der Waals surface area contributed by atoms with Gasteiger partial charge in [0.2, 0.25) is 0 Å². The predicted molar refractivity (Wildman–Crippen MR) is 99.7 cm³/mol. The normalized spacial score (nSPS) is 49.0. The van der Waals surface area contributed by atoms with Crippen molar-refractivity contribution in [2.24, 2.45) is 35.0 Å². The Kier molecular flexibility index (Phi) is 3.97. The second kappa shape index (κ2) is 5.71. The molecule has 0 spiro atoms. The first-order valence-electron chi connectivity index (χ1n) is 10.2. The number of fused-ring (bicyclic) bond motifs is 4. The van der Waals surface area contributed by atoms with E-state index in [9.17, 15) is 9.90 Å². The molecule has 0 aromatic rings. The van der Waals surface area contributed by atoms with E-state index >= 15 is 0 Å². The van der Waals surface area contributed by atoms with Crippen LogP contribution < -0.4 is 0 Å². The molecule has 4 aliphatic rings. The van der Waals surface area contributed by atoms with E-state index < -0.39 is 5.60 Å². The van der Waals surface area contributed by atoms with Crippen molar-refractivity contribution in [3.63, 3.8) is 0 Å². The van der Waals surface area contributed by atoms with Crippen molar-refractivity contribution in [3.8, 4) is 11.8 Å². The molecule has 0 bridgehead atoms. The second-order valence-corrected chi connectivity index (χ2v) is 9.55. The molecule has 4 aliphatic carbocycles. The first-order valence-corrected chi connectivity index (χ1v) is 10.2. The van der Waals surface area contributed by atoms with Crippen molar-refractivity contribution >= 4 is 5.78 Å². The average Bonchev–Trinajstić information content (AvgIpc) is 2.75. The van der Waals surface area contributed by atoms with Gasteiger partial charge >= 0.3 is 0 Å². The van der Waals surface area contributed by atoms with Gasteiger partial charge in [-0.1, -0.05) is 37.8 Å². The standard InChI is InChI=1S/C23H32O2/c1-5-9-23(25)15(3)12-20-21-14(2)11-16-13-17(24)6-7-18(16)19(21)8-10-22(20,23)4/h14-15,19-21,25H,6-8,10-13H2,1-4H3/t14-,15-,19-,20+,21-,22+,23-/m1/s1. The second-order valence-electron chi connectivity index (χ2n) is 9.55. The summed E-state index contributed by atoms with van der Waals surface area (Å²) < 4.78 is 0. The number of carbonyl (C=O) groups excluding carboxylic acids is 1. The zero-order chi connectivity index (χ0) is 18.0. The highest BCUT2D eigenvalue weighted by molar-refractivity contribution is 5.82. The highest BCUT2D eigenvalue weighted by atomic mass is 16.3. The number of hydrogen-bond acceptors (Lipinski definition) is 2. The van der Waals surface area contributed by atoms with Gasteiger partial charge in [0.1, 0.15) is 11.4 Å². The number of rotatable bonds is 0. The summed E-state index contributed by atoms with van der Waals surface area (Å²) in [5.74, 6) is 9.40. The van der Waals surface area contributed by atoms with Gasteiger partial charge < -0.3 is 5.11 Å². The Labute approximate surface area is 152 Å². The van der Waals surface area contributed by atoms with Gasteiger partial charge in [0.25, 0.3) is 0 Å². The third-order valence-corrected chi connectivity index (χ3v) is 8.44. The van der Waals surface area contributed by atoms with Crippen molar-refractivity contribution < 1.29 is 9.90 Å². The number of ketones is 1. The summed E-state index contributed by atoms with van der Waals surface area (Å²) in [7, 11) is 0. The molecule has 0 radical (unpaired) electrons. The largest absolute Gasteiger partial charge is 0.377 e. The first-order chi connectivity index (χ1) is 11.8. The van der Waals surface area contributed by atoms with Crippen molar-refractivity contribution in [2.45, 2.75) is 78.2 Å². The number of carbonyl (C=O) groups is 1. The maximum Gasteiger partial charge on any atom is 0.137 e. The van der Waals surface area contributed by atoms with Crippen molar-refractivity contribution in [3.05, 3.63) is 11.1 Å². The molecule has 2 nitrogen and oxygen atoms in total. The van der Waals surface area contributed by atoms with Crippen LogP contribution in [0.3, 0.4) is 0 Å². The Morgan fingerprint density at radius 2 is 2.00 bits per heavy atom. The zero-order valence-electron chi connectivity index (χ0n) is 16.2. The van der Waals surface area contributed by atoms with E-state index in [0.717, 1.165) is 38.5 Å². The van der Waals surface area contributed by atoms with Crippen LogP contribution in [0.25, 0.3) is 0 Å². The Morgan fingerprint density at radius 3 is 2.72 bits per heavy atom. The highest BCUT2D eigenvalue weighted by Gasteiger charge is 2.65. The molecule has 2 heteroatoms. The Bertz CT molecular complexity index is 693. The van der Waals surface area contributed by atoms with Gasteiger partial charge in [-0.3, -0.25) is 4.79 Å². The topological polar surface area (TPSA) is 37.3 Å². The summed E-state index contributed by atoms with van der Waals surface area (Å²) >= 11 is 0. The fourth-order valence-electron chi connectivity index (χ4n) is 7.27. The van der Waals surface area contributed by atoms with Gasteiger partial charge in [0.05, 0.1) is 0 Å². The maximum absolute atomic E-state index is 11.9. The molecular weight excluding hydrogens is 308 g/mol. The van der Waals surface area contributed by atoms with Crippen LogP contribution in [-0.2, 0) is 4.79 Å². The van der Waals surface area contributed by atoms with Crippen LogP contribution in [0.5, 0.6) is 0 Å². The van der Waals surface area contributed by atoms with Crippen LogP contribution in [0.1, 0.15) is 72.6 Å². The minimum absolute atomic E-state index is 0.0899. The predicted octanol–water partition coefficient (Wildman–Crippen LogP) is 4.52. The molecule has 0 aliphatic heterocycles. The fourth-order valence-corrected chi connectivity index (χ4v) is 7.27. The van der Waals surface area contributed by atoms with Crippen LogP contribution in [0.2, 0.25) is 0 Å². The first kappa shape index (κ1) is 17.3. The van der Waals surface area contributed by atoms with E-state index in [4.69, 9.17) is 0 Å². The summed E-state index contributed by atoms with van der Waals surface area (Å²) in [6.45, 7) is 8.75. The number of aliphatic hydroxyl groups is 1. The van der Waals surface area contributed by atoms with Gasteiger partial charge in [0, 0.05) is 18.3 Å². The van der Waals surface area contributed by atoms with E-state index in [1.807, 2.05) is 6.92 Å². The molecule has 0 heterocycles. The van der Waals surface area contributed by atoms with Gasteiger partial charge in [-0.2, -0.15) is 0 Å². The van der Waals surface area contributed by atoms with Crippen LogP contribution in [0.15, 0.2) is 11.1 Å². The number of allylic oxidation sites excluding steroid dienone is 2. The molecule has 0 unspecified atom stereocenters. The number of Topliss-reactive ketones (excluding diaryl/α,β-unsaturated/α-hetero) is 1. The Morgan fingerprint density at radius 1 is 1.24 bits per heavy atom.